The fourth-order valence-electron chi connectivity index (χ4n) is 2.57. The summed E-state index contributed by atoms with van der Waals surface area (Å²) < 4.78 is 14.5. The third kappa shape index (κ3) is 4.67. The number of hydrogen-bond donors (Lipinski definition) is 1. The standard InChI is InChI=1S/C19H17ClFN3O2S/c1-2-9-24-18(26)15-8-3-12(20)10-16(15)23-19(24)27-11-17(25)22-14-6-4-13(21)5-7-14/h3-8,10H,2,9,11H2,1H3,(H,22,25). The lowest BCUT2D eigenvalue weighted by molar-refractivity contribution is -0.113. The minimum Gasteiger partial charge on any atom is -0.325 e. The largest absolute Gasteiger partial charge is 0.325 e. The van der Waals surface area contributed by atoms with Crippen molar-refractivity contribution in [3.63, 3.8) is 0 Å². The second-order valence-electron chi connectivity index (χ2n) is 5.86. The number of benzene rings is 2. The van der Waals surface area contributed by atoms with Crippen LogP contribution in [0.4, 0.5) is 10.1 Å². The first-order chi connectivity index (χ1) is 13.0. The van der Waals surface area contributed by atoms with Crippen LogP contribution in [0.5, 0.6) is 0 Å². The summed E-state index contributed by atoms with van der Waals surface area (Å²) in [5, 5.41) is 4.14. The monoisotopic (exact) mass is 405 g/mol. The van der Waals surface area contributed by atoms with Crippen LogP contribution < -0.4 is 10.9 Å². The second kappa shape index (κ2) is 8.54. The Hall–Kier alpha value is -2.38. The highest BCUT2D eigenvalue weighted by Gasteiger charge is 2.13. The van der Waals surface area contributed by atoms with E-state index in [2.05, 4.69) is 10.3 Å². The van der Waals surface area contributed by atoms with Crippen molar-refractivity contribution in [2.24, 2.45) is 0 Å². The van der Waals surface area contributed by atoms with Crippen LogP contribution in [-0.4, -0.2) is 21.2 Å². The molecule has 0 aliphatic heterocycles. The van der Waals surface area contributed by atoms with Crippen molar-refractivity contribution in [3.05, 3.63) is 63.7 Å². The first-order valence-electron chi connectivity index (χ1n) is 8.36. The number of thioether (sulfide) groups is 1. The van der Waals surface area contributed by atoms with Gasteiger partial charge in [0.1, 0.15) is 5.82 Å². The van der Waals surface area contributed by atoms with Crippen LogP contribution in [0.25, 0.3) is 10.9 Å². The van der Waals surface area contributed by atoms with E-state index < -0.39 is 0 Å². The Bertz CT molecular complexity index is 1040. The summed E-state index contributed by atoms with van der Waals surface area (Å²) >= 11 is 7.18. The summed E-state index contributed by atoms with van der Waals surface area (Å²) in [6.45, 7) is 2.47. The summed E-state index contributed by atoms with van der Waals surface area (Å²) in [5.41, 5.74) is 0.854. The second-order valence-corrected chi connectivity index (χ2v) is 7.24. The van der Waals surface area contributed by atoms with Crippen molar-refractivity contribution in [3.8, 4) is 0 Å². The van der Waals surface area contributed by atoms with Gasteiger partial charge < -0.3 is 5.32 Å². The molecule has 2 aromatic carbocycles. The maximum Gasteiger partial charge on any atom is 0.262 e. The Labute approximate surface area is 164 Å². The van der Waals surface area contributed by atoms with Gasteiger partial charge in [-0.15, -0.1) is 0 Å². The van der Waals surface area contributed by atoms with Crippen LogP contribution in [0.3, 0.4) is 0 Å². The minimum atomic E-state index is -0.370. The van der Waals surface area contributed by atoms with Gasteiger partial charge in [0.2, 0.25) is 5.91 Å². The zero-order valence-electron chi connectivity index (χ0n) is 14.5. The van der Waals surface area contributed by atoms with Gasteiger partial charge in [0.25, 0.3) is 5.56 Å². The molecular weight excluding hydrogens is 389 g/mol. The normalized spacial score (nSPS) is 10.9. The molecule has 8 heteroatoms. The number of halogens is 2. The van der Waals surface area contributed by atoms with Crippen molar-refractivity contribution in [2.75, 3.05) is 11.1 Å². The molecule has 1 amide bonds. The maximum atomic E-state index is 12.9. The molecule has 3 rings (SSSR count). The third-order valence-electron chi connectivity index (χ3n) is 3.79. The summed E-state index contributed by atoms with van der Waals surface area (Å²) in [7, 11) is 0. The van der Waals surface area contributed by atoms with Crippen molar-refractivity contribution < 1.29 is 9.18 Å². The quantitative estimate of drug-likeness (QED) is 0.489. The molecule has 5 nitrogen and oxygen atoms in total. The van der Waals surface area contributed by atoms with E-state index in [-0.39, 0.29) is 23.0 Å². The smallest absolute Gasteiger partial charge is 0.262 e. The Morgan fingerprint density at radius 1 is 1.26 bits per heavy atom. The van der Waals surface area contributed by atoms with E-state index in [0.29, 0.717) is 33.3 Å². The molecule has 0 spiro atoms. The highest BCUT2D eigenvalue weighted by atomic mass is 35.5. The van der Waals surface area contributed by atoms with Crippen LogP contribution in [0.15, 0.2) is 52.4 Å². The lowest BCUT2D eigenvalue weighted by atomic mass is 10.2. The van der Waals surface area contributed by atoms with Crippen molar-refractivity contribution in [2.45, 2.75) is 25.0 Å². The van der Waals surface area contributed by atoms with E-state index >= 15 is 0 Å². The lowest BCUT2D eigenvalue weighted by Gasteiger charge is -2.12. The average molecular weight is 406 g/mol. The topological polar surface area (TPSA) is 64.0 Å². The van der Waals surface area contributed by atoms with E-state index in [9.17, 15) is 14.0 Å². The number of fused-ring (bicyclic) bond motifs is 1. The average Bonchev–Trinajstić information content (AvgIpc) is 2.64. The van der Waals surface area contributed by atoms with Crippen LogP contribution in [0.1, 0.15) is 13.3 Å². The Kier molecular flexibility index (Phi) is 6.13. The Morgan fingerprint density at radius 3 is 2.70 bits per heavy atom. The van der Waals surface area contributed by atoms with E-state index in [1.54, 1.807) is 22.8 Å². The molecule has 0 saturated carbocycles. The van der Waals surface area contributed by atoms with E-state index in [1.165, 1.54) is 36.0 Å². The Morgan fingerprint density at radius 2 is 2.00 bits per heavy atom. The fourth-order valence-corrected chi connectivity index (χ4v) is 3.56. The van der Waals surface area contributed by atoms with Gasteiger partial charge in [-0.2, -0.15) is 0 Å². The molecule has 0 unspecified atom stereocenters. The number of hydrogen-bond acceptors (Lipinski definition) is 4. The molecule has 0 aliphatic rings. The van der Waals surface area contributed by atoms with E-state index in [4.69, 9.17) is 11.6 Å². The summed E-state index contributed by atoms with van der Waals surface area (Å²) in [5.74, 6) is -0.570. The summed E-state index contributed by atoms with van der Waals surface area (Å²) in [6.07, 6.45) is 0.760. The third-order valence-corrected chi connectivity index (χ3v) is 5.00. The van der Waals surface area contributed by atoms with E-state index in [0.717, 1.165) is 6.42 Å². The molecule has 0 bridgehead atoms. The zero-order chi connectivity index (χ0) is 19.4. The molecule has 1 aromatic heterocycles. The first-order valence-corrected chi connectivity index (χ1v) is 9.72. The number of nitrogens with one attached hydrogen (secondary N) is 1. The molecule has 0 atom stereocenters. The van der Waals surface area contributed by atoms with Crippen LogP contribution >= 0.6 is 23.4 Å². The molecule has 3 aromatic rings. The Balaban J connectivity index is 1.82. The van der Waals surface area contributed by atoms with Gasteiger partial charge in [-0.3, -0.25) is 14.2 Å². The molecule has 1 heterocycles. The molecule has 1 N–H and O–H groups in total. The SMILES string of the molecule is CCCn1c(SCC(=O)Nc2ccc(F)cc2)nc2cc(Cl)ccc2c1=O. The number of carbonyl (C=O) groups excluding carboxylic acids is 1. The van der Waals surface area contributed by atoms with Crippen LogP contribution in [0.2, 0.25) is 5.02 Å². The molecule has 0 saturated heterocycles. The molecule has 0 fully saturated rings. The van der Waals surface area contributed by atoms with Gasteiger partial charge in [-0.25, -0.2) is 9.37 Å². The lowest BCUT2D eigenvalue weighted by Crippen LogP contribution is -2.24. The predicted octanol–water partition coefficient (Wildman–Crippen LogP) is 4.33. The highest BCUT2D eigenvalue weighted by Crippen LogP contribution is 2.21. The fraction of sp³-hybridized carbons (Fsp3) is 0.211. The highest BCUT2D eigenvalue weighted by molar-refractivity contribution is 7.99. The van der Waals surface area contributed by atoms with Gasteiger partial charge >= 0.3 is 0 Å². The molecule has 27 heavy (non-hydrogen) atoms. The van der Waals surface area contributed by atoms with E-state index in [1.807, 2.05) is 6.92 Å². The molecule has 0 aliphatic carbocycles. The van der Waals surface area contributed by atoms with Gasteiger partial charge in [0, 0.05) is 17.3 Å². The number of anilines is 1. The van der Waals surface area contributed by atoms with Crippen LogP contribution in [0, 0.1) is 5.82 Å². The summed E-state index contributed by atoms with van der Waals surface area (Å²) in [4.78, 5) is 29.4. The van der Waals surface area contributed by atoms with Gasteiger partial charge in [-0.1, -0.05) is 30.3 Å². The number of aromatic nitrogens is 2. The van der Waals surface area contributed by atoms with Gasteiger partial charge in [0.15, 0.2) is 5.16 Å². The number of nitrogens with zero attached hydrogens (tertiary/aromatic N) is 2. The van der Waals surface area contributed by atoms with Gasteiger partial charge in [-0.05, 0) is 48.9 Å². The van der Waals surface area contributed by atoms with Gasteiger partial charge in [0.05, 0.1) is 16.7 Å². The summed E-state index contributed by atoms with van der Waals surface area (Å²) in [6, 6.07) is 10.5. The number of rotatable bonds is 6. The van der Waals surface area contributed by atoms with Crippen molar-refractivity contribution >= 4 is 45.9 Å². The molecule has 0 radical (unpaired) electrons. The number of amides is 1. The van der Waals surface area contributed by atoms with Crippen LogP contribution in [-0.2, 0) is 11.3 Å². The van der Waals surface area contributed by atoms with Crippen molar-refractivity contribution in [1.29, 1.82) is 0 Å². The minimum absolute atomic E-state index is 0.0691. The predicted molar refractivity (Wildman–Crippen MR) is 107 cm³/mol. The first kappa shape index (κ1) is 19.4. The maximum absolute atomic E-state index is 12.9. The zero-order valence-corrected chi connectivity index (χ0v) is 16.1. The van der Waals surface area contributed by atoms with Crippen molar-refractivity contribution in [1.82, 2.24) is 9.55 Å². The molecular formula is C19H17ClFN3O2S. The number of carbonyl (C=O) groups is 1. The molecule has 140 valence electrons.